The average Bonchev–Trinajstić information content (AvgIpc) is 2.49. The van der Waals surface area contributed by atoms with Crippen LogP contribution < -0.4 is 10.6 Å². The molecule has 0 spiro atoms. The number of nitrogens with one attached hydrogen (secondary N) is 2. The van der Waals surface area contributed by atoms with Crippen molar-refractivity contribution in [3.8, 4) is 0 Å². The second-order valence-electron chi connectivity index (χ2n) is 6.04. The molecule has 1 aliphatic rings. The Bertz CT molecular complexity index is 487. The Labute approximate surface area is 125 Å². The van der Waals surface area contributed by atoms with Crippen LogP contribution in [0.25, 0.3) is 0 Å². The highest BCUT2D eigenvalue weighted by molar-refractivity contribution is 5.92. The van der Waals surface area contributed by atoms with Crippen LogP contribution in [0, 0.1) is 5.41 Å². The molecule has 0 radical (unpaired) electrons. The highest BCUT2D eigenvalue weighted by Crippen LogP contribution is 2.42. The van der Waals surface area contributed by atoms with E-state index >= 15 is 0 Å². The molecule has 1 amide bonds. The van der Waals surface area contributed by atoms with Crippen LogP contribution in [-0.4, -0.2) is 41.9 Å². The number of methoxy groups -OCH3 is 1. The van der Waals surface area contributed by atoms with E-state index in [1.165, 1.54) is 0 Å². The molecule has 2 N–H and O–H groups in total. The zero-order valence-electron chi connectivity index (χ0n) is 13.1. The van der Waals surface area contributed by atoms with Crippen LogP contribution in [0.4, 0.5) is 5.82 Å². The molecule has 6 nitrogen and oxygen atoms in total. The summed E-state index contributed by atoms with van der Waals surface area (Å²) in [6.45, 7) is 7.11. The SMILES string of the molecule is CCCNc1ccc(C(=O)NC2CC(OC)C2(C)C)nn1. The van der Waals surface area contributed by atoms with Crippen molar-refractivity contribution < 1.29 is 9.53 Å². The van der Waals surface area contributed by atoms with E-state index in [-0.39, 0.29) is 23.5 Å². The summed E-state index contributed by atoms with van der Waals surface area (Å²) in [5, 5.41) is 14.1. The summed E-state index contributed by atoms with van der Waals surface area (Å²) in [7, 11) is 1.71. The lowest BCUT2D eigenvalue weighted by atomic mass is 9.64. The molecule has 1 fully saturated rings. The molecule has 1 aliphatic carbocycles. The van der Waals surface area contributed by atoms with Gasteiger partial charge in [0.05, 0.1) is 6.10 Å². The highest BCUT2D eigenvalue weighted by Gasteiger charge is 2.49. The molecule has 2 unspecified atom stereocenters. The maximum Gasteiger partial charge on any atom is 0.272 e. The summed E-state index contributed by atoms with van der Waals surface area (Å²) in [6.07, 6.45) is 2.04. The van der Waals surface area contributed by atoms with Crippen molar-refractivity contribution in [2.75, 3.05) is 19.0 Å². The summed E-state index contributed by atoms with van der Waals surface area (Å²) >= 11 is 0. The van der Waals surface area contributed by atoms with Gasteiger partial charge in [-0.15, -0.1) is 10.2 Å². The van der Waals surface area contributed by atoms with E-state index in [1.807, 2.05) is 0 Å². The lowest BCUT2D eigenvalue weighted by Gasteiger charge is -2.51. The van der Waals surface area contributed by atoms with Crippen LogP contribution in [0.1, 0.15) is 44.1 Å². The summed E-state index contributed by atoms with van der Waals surface area (Å²) in [6, 6.07) is 3.58. The van der Waals surface area contributed by atoms with Crippen molar-refractivity contribution >= 4 is 11.7 Å². The predicted molar refractivity (Wildman–Crippen MR) is 81.3 cm³/mol. The second-order valence-corrected chi connectivity index (χ2v) is 6.04. The largest absolute Gasteiger partial charge is 0.381 e. The highest BCUT2D eigenvalue weighted by atomic mass is 16.5. The number of carbonyl (C=O) groups excluding carboxylic acids is 1. The quantitative estimate of drug-likeness (QED) is 0.836. The Morgan fingerprint density at radius 3 is 2.71 bits per heavy atom. The van der Waals surface area contributed by atoms with Gasteiger partial charge in [-0.2, -0.15) is 0 Å². The lowest BCUT2D eigenvalue weighted by Crippen LogP contribution is -2.61. The number of aromatic nitrogens is 2. The fourth-order valence-corrected chi connectivity index (χ4v) is 2.56. The predicted octanol–water partition coefficient (Wildman–Crippen LogP) is 1.84. The van der Waals surface area contributed by atoms with Crippen molar-refractivity contribution in [1.29, 1.82) is 0 Å². The molecule has 0 aliphatic heterocycles. The molecule has 2 atom stereocenters. The van der Waals surface area contributed by atoms with E-state index in [9.17, 15) is 4.79 Å². The van der Waals surface area contributed by atoms with Gasteiger partial charge in [0.25, 0.3) is 5.91 Å². The Balaban J connectivity index is 1.92. The molecule has 2 rings (SSSR count). The van der Waals surface area contributed by atoms with Gasteiger partial charge in [-0.25, -0.2) is 0 Å². The smallest absolute Gasteiger partial charge is 0.272 e. The van der Waals surface area contributed by atoms with Gasteiger partial charge in [0.2, 0.25) is 0 Å². The van der Waals surface area contributed by atoms with Crippen molar-refractivity contribution in [3.05, 3.63) is 17.8 Å². The normalized spacial score (nSPS) is 23.2. The Morgan fingerprint density at radius 1 is 1.43 bits per heavy atom. The van der Waals surface area contributed by atoms with E-state index in [1.54, 1.807) is 19.2 Å². The fourth-order valence-electron chi connectivity index (χ4n) is 2.56. The summed E-state index contributed by atoms with van der Waals surface area (Å²) in [4.78, 5) is 12.2. The zero-order chi connectivity index (χ0) is 15.5. The van der Waals surface area contributed by atoms with Crippen molar-refractivity contribution in [3.63, 3.8) is 0 Å². The van der Waals surface area contributed by atoms with E-state index in [0.29, 0.717) is 11.5 Å². The summed E-state index contributed by atoms with van der Waals surface area (Å²) in [5.41, 5.74) is 0.286. The number of hydrogen-bond donors (Lipinski definition) is 2. The molecule has 1 heterocycles. The minimum atomic E-state index is -0.183. The molecule has 0 saturated heterocycles. The van der Waals surface area contributed by atoms with Crippen molar-refractivity contribution in [1.82, 2.24) is 15.5 Å². The fraction of sp³-hybridized carbons (Fsp3) is 0.667. The van der Waals surface area contributed by atoms with E-state index in [4.69, 9.17) is 4.74 Å². The van der Waals surface area contributed by atoms with E-state index < -0.39 is 0 Å². The monoisotopic (exact) mass is 292 g/mol. The number of amides is 1. The van der Waals surface area contributed by atoms with Gasteiger partial charge in [0, 0.05) is 25.1 Å². The Hall–Kier alpha value is -1.69. The van der Waals surface area contributed by atoms with Crippen LogP contribution in [0.2, 0.25) is 0 Å². The van der Waals surface area contributed by atoms with Gasteiger partial charge in [-0.1, -0.05) is 20.8 Å². The first-order valence-electron chi connectivity index (χ1n) is 7.40. The van der Waals surface area contributed by atoms with Crippen LogP contribution in [0.15, 0.2) is 12.1 Å². The first-order chi connectivity index (χ1) is 9.98. The number of hydrogen-bond acceptors (Lipinski definition) is 5. The Morgan fingerprint density at radius 2 is 2.19 bits per heavy atom. The molecule has 1 aromatic heterocycles. The topological polar surface area (TPSA) is 76.1 Å². The first kappa shape index (κ1) is 15.7. The first-order valence-corrected chi connectivity index (χ1v) is 7.40. The standard InChI is InChI=1S/C15H24N4O2/c1-5-8-16-13-7-6-10(18-19-13)14(20)17-11-9-12(21-4)15(11,2)3/h6-7,11-12H,5,8-9H2,1-4H3,(H,16,19)(H,17,20). The molecule has 6 heteroatoms. The number of rotatable bonds is 6. The zero-order valence-corrected chi connectivity index (χ0v) is 13.1. The van der Waals surface area contributed by atoms with Crippen molar-refractivity contribution in [2.45, 2.75) is 45.8 Å². The minimum Gasteiger partial charge on any atom is -0.381 e. The third-order valence-electron chi connectivity index (χ3n) is 4.22. The molecule has 1 aromatic rings. The number of ether oxygens (including phenoxy) is 1. The lowest BCUT2D eigenvalue weighted by molar-refractivity contribution is -0.0942. The molecule has 0 bridgehead atoms. The van der Waals surface area contributed by atoms with Gasteiger partial charge in [0.1, 0.15) is 5.82 Å². The Kier molecular flexibility index (Phi) is 4.77. The molecule has 1 saturated carbocycles. The van der Waals surface area contributed by atoms with Gasteiger partial charge in [0.15, 0.2) is 5.69 Å². The van der Waals surface area contributed by atoms with Gasteiger partial charge >= 0.3 is 0 Å². The van der Waals surface area contributed by atoms with Crippen LogP contribution in [0.5, 0.6) is 0 Å². The van der Waals surface area contributed by atoms with Gasteiger partial charge < -0.3 is 15.4 Å². The molecular formula is C15H24N4O2. The van der Waals surface area contributed by atoms with Crippen LogP contribution in [0.3, 0.4) is 0 Å². The maximum absolute atomic E-state index is 12.2. The third-order valence-corrected chi connectivity index (χ3v) is 4.22. The molecule has 116 valence electrons. The summed E-state index contributed by atoms with van der Waals surface area (Å²) in [5.74, 6) is 0.508. The average molecular weight is 292 g/mol. The van der Waals surface area contributed by atoms with Crippen LogP contribution in [-0.2, 0) is 4.74 Å². The van der Waals surface area contributed by atoms with E-state index in [0.717, 1.165) is 19.4 Å². The second kappa shape index (κ2) is 6.39. The number of anilines is 1. The van der Waals surface area contributed by atoms with E-state index in [2.05, 4.69) is 41.6 Å². The summed E-state index contributed by atoms with van der Waals surface area (Å²) < 4.78 is 5.38. The minimum absolute atomic E-state index is 0.0551. The van der Waals surface area contributed by atoms with Gasteiger partial charge in [-0.05, 0) is 25.0 Å². The number of nitrogens with zero attached hydrogens (tertiary/aromatic N) is 2. The molecule has 0 aromatic carbocycles. The molecular weight excluding hydrogens is 268 g/mol. The number of carbonyl (C=O) groups is 1. The van der Waals surface area contributed by atoms with Gasteiger partial charge in [-0.3, -0.25) is 4.79 Å². The molecule has 21 heavy (non-hydrogen) atoms. The van der Waals surface area contributed by atoms with Crippen LogP contribution >= 0.6 is 0 Å². The van der Waals surface area contributed by atoms with Crippen molar-refractivity contribution in [2.24, 2.45) is 5.41 Å². The third kappa shape index (κ3) is 3.32. The maximum atomic E-state index is 12.2.